The molecule has 0 aliphatic heterocycles. The van der Waals surface area contributed by atoms with Gasteiger partial charge in [-0.05, 0) is 25.2 Å². The van der Waals surface area contributed by atoms with Crippen molar-refractivity contribution in [2.45, 2.75) is 0 Å². The van der Waals surface area contributed by atoms with Gasteiger partial charge in [-0.3, -0.25) is 0 Å². The van der Waals surface area contributed by atoms with Gasteiger partial charge in [-0.1, -0.05) is 23.4 Å². The van der Waals surface area contributed by atoms with E-state index >= 15 is 0 Å². The summed E-state index contributed by atoms with van der Waals surface area (Å²) in [5.41, 5.74) is 7.13. The Kier molecular flexibility index (Phi) is 3.63. The summed E-state index contributed by atoms with van der Waals surface area (Å²) < 4.78 is 0. The Morgan fingerprint density at radius 1 is 1.54 bits per heavy atom. The van der Waals surface area contributed by atoms with Gasteiger partial charge >= 0.3 is 0 Å². The summed E-state index contributed by atoms with van der Waals surface area (Å²) in [6, 6.07) is 5.27. The fourth-order valence-corrected chi connectivity index (χ4v) is 1.04. The van der Waals surface area contributed by atoms with Crippen molar-refractivity contribution in [2.24, 2.45) is 0 Å². The summed E-state index contributed by atoms with van der Waals surface area (Å²) in [6.07, 6.45) is 0. The van der Waals surface area contributed by atoms with Crippen LogP contribution in [0.3, 0.4) is 0 Å². The first kappa shape index (κ1) is 9.91. The van der Waals surface area contributed by atoms with E-state index in [-0.39, 0.29) is 0 Å². The molecule has 0 amide bonds. The van der Waals surface area contributed by atoms with Crippen molar-refractivity contribution >= 4 is 17.3 Å². The predicted molar refractivity (Wildman–Crippen MR) is 56.7 cm³/mol. The van der Waals surface area contributed by atoms with Crippen LogP contribution in [0.2, 0.25) is 5.02 Å². The Labute approximate surface area is 83.1 Å². The van der Waals surface area contributed by atoms with Gasteiger partial charge < -0.3 is 11.1 Å². The van der Waals surface area contributed by atoms with E-state index in [1.165, 1.54) is 0 Å². The van der Waals surface area contributed by atoms with Gasteiger partial charge in [0.05, 0.1) is 6.54 Å². The molecule has 0 aliphatic carbocycles. The molecule has 0 saturated carbocycles. The van der Waals surface area contributed by atoms with Crippen LogP contribution in [-0.2, 0) is 0 Å². The number of benzene rings is 1. The molecule has 0 saturated heterocycles. The third-order valence-electron chi connectivity index (χ3n) is 1.50. The molecule has 0 aromatic heterocycles. The van der Waals surface area contributed by atoms with Crippen molar-refractivity contribution in [1.29, 1.82) is 0 Å². The zero-order valence-electron chi connectivity index (χ0n) is 7.39. The van der Waals surface area contributed by atoms with Crippen molar-refractivity contribution in [3.8, 4) is 11.8 Å². The van der Waals surface area contributed by atoms with E-state index in [4.69, 9.17) is 17.3 Å². The molecule has 0 aliphatic rings. The lowest BCUT2D eigenvalue weighted by atomic mass is 10.2. The largest absolute Gasteiger partial charge is 0.398 e. The highest BCUT2D eigenvalue weighted by Crippen LogP contribution is 2.16. The highest BCUT2D eigenvalue weighted by atomic mass is 35.5. The monoisotopic (exact) mass is 194 g/mol. The van der Waals surface area contributed by atoms with Crippen LogP contribution in [0.1, 0.15) is 5.56 Å². The minimum atomic E-state index is 0.645. The molecule has 3 N–H and O–H groups in total. The number of hydrogen-bond donors (Lipinski definition) is 2. The van der Waals surface area contributed by atoms with Gasteiger partial charge in [-0.25, -0.2) is 0 Å². The molecule has 0 atom stereocenters. The van der Waals surface area contributed by atoms with Gasteiger partial charge in [0.25, 0.3) is 0 Å². The van der Waals surface area contributed by atoms with E-state index in [9.17, 15) is 0 Å². The van der Waals surface area contributed by atoms with Crippen LogP contribution in [0.5, 0.6) is 0 Å². The van der Waals surface area contributed by atoms with Gasteiger partial charge in [0.1, 0.15) is 0 Å². The van der Waals surface area contributed by atoms with E-state index in [0.717, 1.165) is 5.56 Å². The molecule has 2 nitrogen and oxygen atoms in total. The van der Waals surface area contributed by atoms with Gasteiger partial charge in [0, 0.05) is 16.3 Å². The number of rotatable bonds is 1. The molecule has 0 radical (unpaired) electrons. The van der Waals surface area contributed by atoms with E-state index in [1.54, 1.807) is 18.2 Å². The van der Waals surface area contributed by atoms with Crippen molar-refractivity contribution in [1.82, 2.24) is 5.32 Å². The summed E-state index contributed by atoms with van der Waals surface area (Å²) in [7, 11) is 1.84. The smallest absolute Gasteiger partial charge is 0.0577 e. The van der Waals surface area contributed by atoms with Crippen molar-refractivity contribution in [3.05, 3.63) is 28.8 Å². The minimum absolute atomic E-state index is 0.645. The fourth-order valence-electron chi connectivity index (χ4n) is 0.865. The summed E-state index contributed by atoms with van der Waals surface area (Å²) in [5, 5.41) is 3.58. The lowest BCUT2D eigenvalue weighted by Gasteiger charge is -1.97. The third-order valence-corrected chi connectivity index (χ3v) is 1.74. The quantitative estimate of drug-likeness (QED) is 0.525. The number of nitrogen functional groups attached to an aromatic ring is 1. The lowest BCUT2D eigenvalue weighted by Crippen LogP contribution is -2.04. The molecule has 13 heavy (non-hydrogen) atoms. The minimum Gasteiger partial charge on any atom is -0.398 e. The van der Waals surface area contributed by atoms with Gasteiger partial charge in [0.15, 0.2) is 0 Å². The maximum atomic E-state index is 5.79. The summed E-state index contributed by atoms with van der Waals surface area (Å²) in [5.74, 6) is 5.85. The molecule has 3 heteroatoms. The number of nitrogens with one attached hydrogen (secondary N) is 1. The molecule has 0 fully saturated rings. The standard InChI is InChI=1S/C10H11ClN2/c1-13-6-2-3-8-7-9(11)4-5-10(8)12/h4-5,7,13H,6,12H2,1H3. The van der Waals surface area contributed by atoms with Crippen LogP contribution < -0.4 is 11.1 Å². The second-order valence-corrected chi connectivity index (χ2v) is 3.00. The fraction of sp³-hybridized carbons (Fsp3) is 0.200. The van der Waals surface area contributed by atoms with Crippen molar-refractivity contribution in [2.75, 3.05) is 19.3 Å². The molecule has 68 valence electrons. The Balaban J connectivity index is 2.89. The summed E-state index contributed by atoms with van der Waals surface area (Å²) in [4.78, 5) is 0. The van der Waals surface area contributed by atoms with Crippen LogP contribution in [0.15, 0.2) is 18.2 Å². The van der Waals surface area contributed by atoms with E-state index < -0.39 is 0 Å². The van der Waals surface area contributed by atoms with Crippen LogP contribution in [-0.4, -0.2) is 13.6 Å². The number of anilines is 1. The molecule has 0 spiro atoms. The molecular formula is C10H11ClN2. The van der Waals surface area contributed by atoms with E-state index in [2.05, 4.69) is 17.2 Å². The second-order valence-electron chi connectivity index (χ2n) is 2.56. The summed E-state index contributed by atoms with van der Waals surface area (Å²) >= 11 is 5.79. The maximum Gasteiger partial charge on any atom is 0.0577 e. The summed E-state index contributed by atoms with van der Waals surface area (Å²) in [6.45, 7) is 0.645. The first-order chi connectivity index (χ1) is 6.24. The molecule has 1 aromatic rings. The highest BCUT2D eigenvalue weighted by molar-refractivity contribution is 6.30. The van der Waals surface area contributed by atoms with E-state index in [1.807, 2.05) is 7.05 Å². The predicted octanol–water partition coefficient (Wildman–Crippen LogP) is 1.49. The van der Waals surface area contributed by atoms with Crippen molar-refractivity contribution < 1.29 is 0 Å². The topological polar surface area (TPSA) is 38.0 Å². The van der Waals surface area contributed by atoms with Gasteiger partial charge in [-0.15, -0.1) is 0 Å². The first-order valence-electron chi connectivity index (χ1n) is 3.92. The Hall–Kier alpha value is -1.17. The normalized spacial score (nSPS) is 9.08. The average Bonchev–Trinajstić information content (AvgIpc) is 2.11. The van der Waals surface area contributed by atoms with Crippen LogP contribution in [0, 0.1) is 11.8 Å². The Bertz CT molecular complexity index is 350. The molecule has 0 heterocycles. The molecule has 1 aromatic carbocycles. The number of hydrogen-bond acceptors (Lipinski definition) is 2. The Morgan fingerprint density at radius 2 is 2.31 bits per heavy atom. The zero-order valence-corrected chi connectivity index (χ0v) is 8.15. The van der Waals surface area contributed by atoms with E-state index in [0.29, 0.717) is 17.3 Å². The average molecular weight is 195 g/mol. The second kappa shape index (κ2) is 4.76. The van der Waals surface area contributed by atoms with Gasteiger partial charge in [0.2, 0.25) is 0 Å². The molecule has 1 rings (SSSR count). The highest BCUT2D eigenvalue weighted by Gasteiger charge is 1.95. The maximum absolute atomic E-state index is 5.79. The molecule has 0 bridgehead atoms. The molecular weight excluding hydrogens is 184 g/mol. The van der Waals surface area contributed by atoms with Crippen LogP contribution in [0.25, 0.3) is 0 Å². The third kappa shape index (κ3) is 2.98. The van der Waals surface area contributed by atoms with Crippen LogP contribution >= 0.6 is 11.6 Å². The van der Waals surface area contributed by atoms with Gasteiger partial charge in [-0.2, -0.15) is 0 Å². The first-order valence-corrected chi connectivity index (χ1v) is 4.30. The Morgan fingerprint density at radius 3 is 3.00 bits per heavy atom. The number of halogens is 1. The van der Waals surface area contributed by atoms with Crippen molar-refractivity contribution in [3.63, 3.8) is 0 Å². The zero-order chi connectivity index (χ0) is 9.68. The number of nitrogens with two attached hydrogens (primary N) is 1. The van der Waals surface area contributed by atoms with Crippen LogP contribution in [0.4, 0.5) is 5.69 Å². The molecule has 0 unspecified atom stereocenters. The SMILES string of the molecule is CNCC#Cc1cc(Cl)ccc1N. The lowest BCUT2D eigenvalue weighted by molar-refractivity contribution is 0.938.